The van der Waals surface area contributed by atoms with E-state index >= 15 is 0 Å². The van der Waals surface area contributed by atoms with E-state index in [9.17, 15) is 8.42 Å². The van der Waals surface area contributed by atoms with E-state index in [-0.39, 0.29) is 11.3 Å². The molecular weight excluding hydrogens is 272 g/mol. The van der Waals surface area contributed by atoms with Crippen LogP contribution in [0.2, 0.25) is 0 Å². The van der Waals surface area contributed by atoms with Crippen LogP contribution < -0.4 is 0 Å². The molecule has 0 aliphatic carbocycles. The minimum absolute atomic E-state index is 0.0974. The van der Waals surface area contributed by atoms with Gasteiger partial charge in [-0.05, 0) is 57.5 Å². The van der Waals surface area contributed by atoms with Crippen LogP contribution >= 0.6 is 0 Å². The molecule has 1 aromatic carbocycles. The second-order valence-electron chi connectivity index (χ2n) is 5.86. The van der Waals surface area contributed by atoms with Gasteiger partial charge in [0.2, 0.25) is 0 Å². The predicted octanol–water partition coefficient (Wildman–Crippen LogP) is 2.21. The molecule has 1 aliphatic rings. The van der Waals surface area contributed by atoms with Crippen LogP contribution in [0.15, 0.2) is 29.2 Å². The Hall–Kier alpha value is -1.38. The lowest BCUT2D eigenvalue weighted by atomic mass is 10.0. The fraction of sp³-hybridized carbons (Fsp3) is 0.533. The summed E-state index contributed by atoms with van der Waals surface area (Å²) in [6.07, 6.45) is 2.24. The summed E-state index contributed by atoms with van der Waals surface area (Å²) >= 11 is 0. The van der Waals surface area contributed by atoms with Crippen LogP contribution in [0.1, 0.15) is 32.3 Å². The molecule has 20 heavy (non-hydrogen) atoms. The Morgan fingerprint density at radius 1 is 1.30 bits per heavy atom. The summed E-state index contributed by atoms with van der Waals surface area (Å²) in [5.74, 6) is 0.127. The van der Waals surface area contributed by atoms with E-state index < -0.39 is 9.84 Å². The molecule has 1 saturated heterocycles. The lowest BCUT2D eigenvalue weighted by Gasteiger charge is -2.31. The van der Waals surface area contributed by atoms with Crippen molar-refractivity contribution in [2.45, 2.75) is 37.1 Å². The first kappa shape index (κ1) is 15.0. The molecule has 0 bridgehead atoms. The number of sulfone groups is 1. The first-order chi connectivity index (χ1) is 9.35. The van der Waals surface area contributed by atoms with Gasteiger partial charge in [0.1, 0.15) is 0 Å². The highest BCUT2D eigenvalue weighted by molar-refractivity contribution is 7.91. The van der Waals surface area contributed by atoms with Gasteiger partial charge in [0.05, 0.1) is 22.3 Å². The van der Waals surface area contributed by atoms with Gasteiger partial charge in [-0.25, -0.2) is 8.42 Å². The Labute approximate surface area is 120 Å². The maximum Gasteiger partial charge on any atom is 0.179 e. The average Bonchev–Trinajstić information content (AvgIpc) is 2.75. The molecule has 1 aromatic rings. The van der Waals surface area contributed by atoms with Crippen molar-refractivity contribution in [2.24, 2.45) is 0 Å². The van der Waals surface area contributed by atoms with Gasteiger partial charge in [-0.2, -0.15) is 5.26 Å². The van der Waals surface area contributed by atoms with Gasteiger partial charge in [0.25, 0.3) is 0 Å². The summed E-state index contributed by atoms with van der Waals surface area (Å²) < 4.78 is 24.6. The van der Waals surface area contributed by atoms with E-state index in [1.165, 1.54) is 12.1 Å². The fourth-order valence-electron chi connectivity index (χ4n) is 2.66. The molecule has 5 heteroatoms. The van der Waals surface area contributed by atoms with Gasteiger partial charge in [-0.1, -0.05) is 0 Å². The molecule has 0 radical (unpaired) electrons. The third-order valence-electron chi connectivity index (χ3n) is 4.05. The minimum Gasteiger partial charge on any atom is -0.297 e. The molecule has 0 amide bonds. The fourth-order valence-corrected chi connectivity index (χ4v) is 3.91. The Morgan fingerprint density at radius 2 is 1.95 bits per heavy atom. The smallest absolute Gasteiger partial charge is 0.179 e. The minimum atomic E-state index is -3.27. The zero-order valence-corrected chi connectivity index (χ0v) is 12.8. The molecule has 108 valence electrons. The Morgan fingerprint density at radius 3 is 2.45 bits per heavy atom. The second kappa shape index (κ2) is 5.55. The number of nitriles is 1. The van der Waals surface area contributed by atoms with Crippen molar-refractivity contribution < 1.29 is 8.42 Å². The molecule has 1 fully saturated rings. The second-order valence-corrected chi connectivity index (χ2v) is 7.97. The SMILES string of the molecule is CC1(C)CCCN1CCS(=O)(=O)c1ccc(C#N)cc1. The molecule has 1 heterocycles. The van der Waals surface area contributed by atoms with Crippen molar-refractivity contribution in [1.82, 2.24) is 4.90 Å². The van der Waals surface area contributed by atoms with Gasteiger partial charge >= 0.3 is 0 Å². The van der Waals surface area contributed by atoms with Crippen LogP contribution in [0.4, 0.5) is 0 Å². The molecular formula is C15H20N2O2S. The standard InChI is InChI=1S/C15H20N2O2S/c1-15(2)8-3-9-17(15)10-11-20(18,19)14-6-4-13(12-16)5-7-14/h4-7H,3,8-11H2,1-2H3. The zero-order valence-electron chi connectivity index (χ0n) is 12.0. The van der Waals surface area contributed by atoms with E-state index in [2.05, 4.69) is 18.7 Å². The quantitative estimate of drug-likeness (QED) is 0.853. The summed E-state index contributed by atoms with van der Waals surface area (Å²) in [6.45, 7) is 5.86. The molecule has 1 aliphatic heterocycles. The van der Waals surface area contributed by atoms with Crippen LogP contribution in [-0.4, -0.2) is 37.7 Å². The van der Waals surface area contributed by atoms with Crippen LogP contribution in [-0.2, 0) is 9.84 Å². The summed E-state index contributed by atoms with van der Waals surface area (Å²) in [5.41, 5.74) is 0.574. The van der Waals surface area contributed by atoms with E-state index in [4.69, 9.17) is 5.26 Å². The summed E-state index contributed by atoms with van der Waals surface area (Å²) in [7, 11) is -3.27. The van der Waals surface area contributed by atoms with Gasteiger partial charge in [0.15, 0.2) is 9.84 Å². The molecule has 0 N–H and O–H groups in total. The summed E-state index contributed by atoms with van der Waals surface area (Å²) in [5, 5.41) is 8.73. The van der Waals surface area contributed by atoms with Crippen molar-refractivity contribution in [3.8, 4) is 6.07 Å². The first-order valence-corrected chi connectivity index (χ1v) is 8.48. The lowest BCUT2D eigenvalue weighted by molar-refractivity contribution is 0.186. The molecule has 0 saturated carbocycles. The van der Waals surface area contributed by atoms with E-state index in [0.717, 1.165) is 19.4 Å². The zero-order chi connectivity index (χ0) is 14.8. The Kier molecular flexibility index (Phi) is 4.17. The Balaban J connectivity index is 2.06. The normalized spacial score (nSPS) is 18.9. The number of hydrogen-bond acceptors (Lipinski definition) is 4. The first-order valence-electron chi connectivity index (χ1n) is 6.83. The van der Waals surface area contributed by atoms with Crippen LogP contribution in [0.3, 0.4) is 0 Å². The molecule has 0 spiro atoms. The van der Waals surface area contributed by atoms with Gasteiger partial charge < -0.3 is 0 Å². The van der Waals surface area contributed by atoms with Gasteiger partial charge in [-0.3, -0.25) is 4.90 Å². The number of nitrogens with zero attached hydrogens (tertiary/aromatic N) is 2. The maximum absolute atomic E-state index is 12.3. The van der Waals surface area contributed by atoms with Crippen LogP contribution in [0.25, 0.3) is 0 Å². The van der Waals surface area contributed by atoms with Crippen molar-refractivity contribution >= 4 is 9.84 Å². The molecule has 0 unspecified atom stereocenters. The van der Waals surface area contributed by atoms with Crippen molar-refractivity contribution in [1.29, 1.82) is 5.26 Å². The predicted molar refractivity (Wildman–Crippen MR) is 78.1 cm³/mol. The summed E-state index contributed by atoms with van der Waals surface area (Å²) in [4.78, 5) is 2.54. The maximum atomic E-state index is 12.3. The lowest BCUT2D eigenvalue weighted by Crippen LogP contribution is -2.40. The highest BCUT2D eigenvalue weighted by atomic mass is 32.2. The molecule has 0 aromatic heterocycles. The van der Waals surface area contributed by atoms with Crippen LogP contribution in [0, 0.1) is 11.3 Å². The van der Waals surface area contributed by atoms with Crippen molar-refractivity contribution in [2.75, 3.05) is 18.8 Å². The number of benzene rings is 1. The van der Waals surface area contributed by atoms with Gasteiger partial charge in [0, 0.05) is 12.1 Å². The van der Waals surface area contributed by atoms with E-state index in [1.807, 2.05) is 6.07 Å². The summed E-state index contributed by atoms with van der Waals surface area (Å²) in [6, 6.07) is 8.12. The highest BCUT2D eigenvalue weighted by Gasteiger charge is 2.32. The molecule has 4 nitrogen and oxygen atoms in total. The monoisotopic (exact) mass is 292 g/mol. The van der Waals surface area contributed by atoms with E-state index in [1.54, 1.807) is 12.1 Å². The highest BCUT2D eigenvalue weighted by Crippen LogP contribution is 2.28. The number of hydrogen-bond donors (Lipinski definition) is 0. The third kappa shape index (κ3) is 3.20. The molecule has 0 atom stereocenters. The van der Waals surface area contributed by atoms with E-state index in [0.29, 0.717) is 17.0 Å². The largest absolute Gasteiger partial charge is 0.297 e. The molecule has 2 rings (SSSR count). The Bertz CT molecular complexity index is 612. The topological polar surface area (TPSA) is 61.2 Å². The van der Waals surface area contributed by atoms with Crippen molar-refractivity contribution in [3.63, 3.8) is 0 Å². The van der Waals surface area contributed by atoms with Crippen molar-refractivity contribution in [3.05, 3.63) is 29.8 Å². The van der Waals surface area contributed by atoms with Gasteiger partial charge in [-0.15, -0.1) is 0 Å². The number of rotatable bonds is 4. The third-order valence-corrected chi connectivity index (χ3v) is 5.76. The average molecular weight is 292 g/mol. The van der Waals surface area contributed by atoms with Crippen LogP contribution in [0.5, 0.6) is 0 Å². The number of likely N-dealkylation sites (tertiary alicyclic amines) is 1.